The Morgan fingerprint density at radius 3 is 2.83 bits per heavy atom. The zero-order valence-corrected chi connectivity index (χ0v) is 14.0. The number of aromatic nitrogens is 2. The van der Waals surface area contributed by atoms with Crippen LogP contribution in [0.4, 0.5) is 0 Å². The van der Waals surface area contributed by atoms with Crippen LogP contribution >= 0.6 is 24.2 Å². The van der Waals surface area contributed by atoms with E-state index in [2.05, 4.69) is 17.6 Å². The second kappa shape index (κ2) is 6.33. The third-order valence-corrected chi connectivity index (χ3v) is 4.59. The van der Waals surface area contributed by atoms with Gasteiger partial charge in [-0.15, -0.1) is 0 Å². The maximum Gasteiger partial charge on any atom is 0.354 e. The summed E-state index contributed by atoms with van der Waals surface area (Å²) in [4.78, 5) is 15.9. The minimum atomic E-state index is -1.03. The summed E-state index contributed by atoms with van der Waals surface area (Å²) in [7, 11) is 0. The van der Waals surface area contributed by atoms with Gasteiger partial charge >= 0.3 is 5.97 Å². The van der Waals surface area contributed by atoms with Crippen molar-refractivity contribution in [3.05, 3.63) is 40.4 Å². The van der Waals surface area contributed by atoms with Gasteiger partial charge in [-0.2, -0.15) is 12.6 Å². The van der Waals surface area contributed by atoms with E-state index in [1.54, 1.807) is 16.7 Å². The molecule has 0 saturated heterocycles. The highest BCUT2D eigenvalue weighted by Crippen LogP contribution is 2.37. The fourth-order valence-corrected chi connectivity index (χ4v) is 2.85. The first kappa shape index (κ1) is 16.0. The summed E-state index contributed by atoms with van der Waals surface area (Å²) >= 11 is 10.5. The van der Waals surface area contributed by atoms with Gasteiger partial charge in [0.2, 0.25) is 6.79 Å². The molecule has 1 N–H and O–H groups in total. The Bertz CT molecular complexity index is 762. The first-order chi connectivity index (χ1) is 11.0. The number of ether oxygens (including phenoxy) is 2. The fourth-order valence-electron chi connectivity index (χ4n) is 2.46. The van der Waals surface area contributed by atoms with E-state index in [4.69, 9.17) is 21.1 Å². The van der Waals surface area contributed by atoms with Crippen molar-refractivity contribution in [2.24, 2.45) is 0 Å². The second-order valence-corrected chi connectivity index (χ2v) is 6.06. The fraction of sp³-hybridized carbons (Fsp3) is 0.333. The van der Waals surface area contributed by atoms with E-state index in [-0.39, 0.29) is 24.9 Å². The molecule has 1 unspecified atom stereocenters. The number of thiol groups is 1. The van der Waals surface area contributed by atoms with Crippen LogP contribution in [-0.2, 0) is 6.54 Å². The number of nitrogens with zero attached hydrogens (tertiary/aromatic N) is 2. The molecule has 0 saturated carbocycles. The van der Waals surface area contributed by atoms with Crippen molar-refractivity contribution in [2.75, 3.05) is 12.5 Å². The highest BCUT2D eigenvalue weighted by Gasteiger charge is 2.23. The molecule has 2 heterocycles. The Morgan fingerprint density at radius 2 is 2.17 bits per heavy atom. The molecular weight excluding hydrogens is 340 g/mol. The van der Waals surface area contributed by atoms with Crippen LogP contribution in [0, 0.1) is 0 Å². The van der Waals surface area contributed by atoms with E-state index in [1.807, 2.05) is 6.92 Å². The highest BCUT2D eigenvalue weighted by atomic mass is 35.5. The number of carbonyl (C=O) groups is 1. The maximum atomic E-state index is 11.6. The van der Waals surface area contributed by atoms with Crippen LogP contribution in [0.3, 0.4) is 0 Å². The standard InChI is InChI=1S/C15H15ClN2O4S/c1-8(5-23)13-14(15(19)20)18(6-17-13)4-9-2-11-12(3-10(9)16)22-7-21-11/h2-3,6,8,23H,4-5,7H2,1H3,(H,19,20). The van der Waals surface area contributed by atoms with Crippen LogP contribution in [0.1, 0.15) is 34.6 Å². The third kappa shape index (κ3) is 2.98. The van der Waals surface area contributed by atoms with Gasteiger partial charge in [-0.1, -0.05) is 18.5 Å². The first-order valence-corrected chi connectivity index (χ1v) is 7.99. The van der Waals surface area contributed by atoms with Crippen molar-refractivity contribution in [1.29, 1.82) is 0 Å². The molecule has 6 nitrogen and oxygen atoms in total. The van der Waals surface area contributed by atoms with Gasteiger partial charge in [0.15, 0.2) is 17.2 Å². The molecule has 0 fully saturated rings. The van der Waals surface area contributed by atoms with Crippen molar-refractivity contribution in [3.8, 4) is 11.5 Å². The quantitative estimate of drug-likeness (QED) is 0.807. The van der Waals surface area contributed by atoms with Crippen molar-refractivity contribution in [2.45, 2.75) is 19.4 Å². The lowest BCUT2D eigenvalue weighted by molar-refractivity contribution is 0.0684. The molecule has 0 radical (unpaired) electrons. The van der Waals surface area contributed by atoms with Crippen LogP contribution in [0.15, 0.2) is 18.5 Å². The summed E-state index contributed by atoms with van der Waals surface area (Å²) in [5, 5.41) is 10.0. The van der Waals surface area contributed by atoms with E-state index in [0.29, 0.717) is 28.0 Å². The van der Waals surface area contributed by atoms with Crippen LogP contribution < -0.4 is 9.47 Å². The second-order valence-electron chi connectivity index (χ2n) is 5.29. The third-order valence-electron chi connectivity index (χ3n) is 3.69. The van der Waals surface area contributed by atoms with Gasteiger partial charge in [0.1, 0.15) is 0 Å². The number of carboxylic acid groups (broad SMARTS) is 1. The molecule has 1 atom stereocenters. The Labute approximate surface area is 143 Å². The molecule has 3 rings (SSSR count). The molecule has 8 heteroatoms. The zero-order chi connectivity index (χ0) is 16.6. The Balaban J connectivity index is 1.98. The van der Waals surface area contributed by atoms with Crippen molar-refractivity contribution >= 4 is 30.2 Å². The van der Waals surface area contributed by atoms with Crippen LogP contribution in [0.5, 0.6) is 11.5 Å². The summed E-state index contributed by atoms with van der Waals surface area (Å²) in [6, 6.07) is 3.44. The normalized spacial score (nSPS) is 14.0. The number of benzene rings is 1. The summed E-state index contributed by atoms with van der Waals surface area (Å²) < 4.78 is 12.2. The number of fused-ring (bicyclic) bond motifs is 1. The lowest BCUT2D eigenvalue weighted by Crippen LogP contribution is -2.13. The number of hydrogen-bond acceptors (Lipinski definition) is 5. The molecule has 0 spiro atoms. The van der Waals surface area contributed by atoms with Crippen molar-refractivity contribution in [1.82, 2.24) is 9.55 Å². The average molecular weight is 355 g/mol. The SMILES string of the molecule is CC(CS)c1ncn(Cc2cc3c(cc2Cl)OCO3)c1C(=O)O. The Hall–Kier alpha value is -1.86. The van der Waals surface area contributed by atoms with Gasteiger partial charge in [0.25, 0.3) is 0 Å². The van der Waals surface area contributed by atoms with Gasteiger partial charge in [-0.05, 0) is 17.4 Å². The summed E-state index contributed by atoms with van der Waals surface area (Å²) in [6.07, 6.45) is 1.51. The van der Waals surface area contributed by atoms with Crippen LogP contribution in [-0.4, -0.2) is 33.2 Å². The Kier molecular flexibility index (Phi) is 4.41. The summed E-state index contributed by atoms with van der Waals surface area (Å²) in [6.45, 7) is 2.33. The average Bonchev–Trinajstić information content (AvgIpc) is 3.13. The number of rotatable bonds is 5. The molecular formula is C15H15ClN2O4S. The zero-order valence-electron chi connectivity index (χ0n) is 12.3. The molecule has 0 amide bonds. The van der Waals surface area contributed by atoms with Crippen molar-refractivity contribution in [3.63, 3.8) is 0 Å². The molecule has 0 bridgehead atoms. The summed E-state index contributed by atoms with van der Waals surface area (Å²) in [5.74, 6) is 0.626. The van der Waals surface area contributed by atoms with Gasteiger partial charge in [0.05, 0.1) is 18.6 Å². The first-order valence-electron chi connectivity index (χ1n) is 6.98. The monoisotopic (exact) mass is 354 g/mol. The van der Waals surface area contributed by atoms with E-state index in [1.165, 1.54) is 6.33 Å². The smallest absolute Gasteiger partial charge is 0.354 e. The van der Waals surface area contributed by atoms with Gasteiger partial charge < -0.3 is 19.1 Å². The van der Waals surface area contributed by atoms with Gasteiger partial charge in [0, 0.05) is 17.0 Å². The largest absolute Gasteiger partial charge is 0.477 e. The predicted octanol–water partition coefficient (Wildman–Crippen LogP) is 3.05. The minimum absolute atomic E-state index is 0.0575. The molecule has 23 heavy (non-hydrogen) atoms. The molecule has 122 valence electrons. The van der Waals surface area contributed by atoms with E-state index < -0.39 is 5.97 Å². The predicted molar refractivity (Wildman–Crippen MR) is 88.1 cm³/mol. The van der Waals surface area contributed by atoms with Gasteiger partial charge in [-0.25, -0.2) is 9.78 Å². The highest BCUT2D eigenvalue weighted by molar-refractivity contribution is 7.80. The maximum absolute atomic E-state index is 11.6. The van der Waals surface area contributed by atoms with Crippen LogP contribution in [0.25, 0.3) is 0 Å². The van der Waals surface area contributed by atoms with Gasteiger partial charge in [-0.3, -0.25) is 0 Å². The number of hydrogen-bond donors (Lipinski definition) is 2. The molecule has 1 aromatic heterocycles. The van der Waals surface area contributed by atoms with E-state index >= 15 is 0 Å². The number of imidazole rings is 1. The minimum Gasteiger partial charge on any atom is -0.477 e. The number of halogens is 1. The lowest BCUT2D eigenvalue weighted by atomic mass is 10.1. The molecule has 0 aliphatic carbocycles. The molecule has 2 aromatic rings. The topological polar surface area (TPSA) is 73.6 Å². The van der Waals surface area contributed by atoms with E-state index in [9.17, 15) is 9.90 Å². The van der Waals surface area contributed by atoms with Crippen molar-refractivity contribution < 1.29 is 19.4 Å². The Morgan fingerprint density at radius 1 is 1.48 bits per heavy atom. The summed E-state index contributed by atoms with van der Waals surface area (Å²) in [5.41, 5.74) is 1.41. The molecule has 1 aliphatic rings. The van der Waals surface area contributed by atoms with Crippen LogP contribution in [0.2, 0.25) is 5.02 Å². The number of carboxylic acids is 1. The molecule has 1 aromatic carbocycles. The number of aromatic carboxylic acids is 1. The van der Waals surface area contributed by atoms with E-state index in [0.717, 1.165) is 5.56 Å². The lowest BCUT2D eigenvalue weighted by Gasteiger charge is -2.11. The molecule has 1 aliphatic heterocycles.